The van der Waals surface area contributed by atoms with Crippen molar-refractivity contribution < 1.29 is 9.59 Å². The highest BCUT2D eigenvalue weighted by atomic mass is 32.1. The van der Waals surface area contributed by atoms with Crippen molar-refractivity contribution in [1.82, 2.24) is 10.2 Å². The molecule has 1 N–H and O–H groups in total. The number of likely N-dealkylation sites (tertiary alicyclic amines) is 1. The molecule has 1 aliphatic heterocycles. The molecule has 1 atom stereocenters. The lowest BCUT2D eigenvalue weighted by molar-refractivity contribution is -0.126. The van der Waals surface area contributed by atoms with E-state index in [1.54, 1.807) is 0 Å². The minimum absolute atomic E-state index is 0.0436. The van der Waals surface area contributed by atoms with Gasteiger partial charge in [-0.05, 0) is 29.9 Å². The van der Waals surface area contributed by atoms with Gasteiger partial charge < -0.3 is 10.2 Å². The van der Waals surface area contributed by atoms with Crippen LogP contribution in [0.1, 0.15) is 41.9 Å². The van der Waals surface area contributed by atoms with E-state index in [9.17, 15) is 9.59 Å². The molecule has 1 fully saturated rings. The number of rotatable bonds is 5. The second kappa shape index (κ2) is 8.04. The molecule has 5 heteroatoms. The molecule has 1 unspecified atom stereocenters. The first-order valence-electron chi connectivity index (χ1n) is 9.13. The summed E-state index contributed by atoms with van der Waals surface area (Å²) in [4.78, 5) is 27.8. The molecule has 2 heterocycles. The van der Waals surface area contributed by atoms with Crippen LogP contribution >= 0.6 is 11.3 Å². The van der Waals surface area contributed by atoms with Crippen LogP contribution in [0.4, 0.5) is 0 Å². The molecule has 2 amide bonds. The molecule has 1 aromatic heterocycles. The van der Waals surface area contributed by atoms with Gasteiger partial charge in [-0.2, -0.15) is 0 Å². The highest BCUT2D eigenvalue weighted by Gasteiger charge is 2.30. The van der Waals surface area contributed by atoms with Crippen LogP contribution < -0.4 is 5.32 Å². The number of thiophene rings is 1. The van der Waals surface area contributed by atoms with Crippen molar-refractivity contribution >= 4 is 23.2 Å². The van der Waals surface area contributed by atoms with E-state index in [0.717, 1.165) is 24.3 Å². The standard InChI is InChI=1S/C21H26N2O2S/c1-21(2,17-9-4-3-5-10-17)15-22-19(24)16-8-6-12-23(14-16)20(25)18-11-7-13-26-18/h3-5,7,9-11,13,16H,6,8,12,14-15H2,1-2H3,(H,22,24). The molecule has 0 bridgehead atoms. The molecular formula is C21H26N2O2S. The maximum absolute atomic E-state index is 12.7. The lowest BCUT2D eigenvalue weighted by Gasteiger charge is -2.33. The van der Waals surface area contributed by atoms with E-state index in [2.05, 4.69) is 31.3 Å². The molecule has 1 aromatic carbocycles. The Balaban J connectivity index is 1.57. The maximum atomic E-state index is 12.7. The number of hydrogen-bond acceptors (Lipinski definition) is 3. The van der Waals surface area contributed by atoms with Crippen molar-refractivity contribution in [3.8, 4) is 0 Å². The van der Waals surface area contributed by atoms with Crippen LogP contribution in [0.5, 0.6) is 0 Å². The summed E-state index contributed by atoms with van der Waals surface area (Å²) in [5.41, 5.74) is 1.08. The second-order valence-electron chi connectivity index (χ2n) is 7.54. The molecule has 138 valence electrons. The van der Waals surface area contributed by atoms with E-state index in [1.807, 2.05) is 40.6 Å². The summed E-state index contributed by atoms with van der Waals surface area (Å²) in [6, 6.07) is 14.0. The predicted octanol–water partition coefficient (Wildman–Crippen LogP) is 3.69. The van der Waals surface area contributed by atoms with Gasteiger partial charge in [0, 0.05) is 25.0 Å². The number of nitrogens with one attached hydrogen (secondary N) is 1. The zero-order valence-corrected chi connectivity index (χ0v) is 16.2. The summed E-state index contributed by atoms with van der Waals surface area (Å²) < 4.78 is 0. The van der Waals surface area contributed by atoms with Crippen LogP contribution in [0.2, 0.25) is 0 Å². The summed E-state index contributed by atoms with van der Waals surface area (Å²) >= 11 is 1.45. The van der Waals surface area contributed by atoms with Gasteiger partial charge in [0.15, 0.2) is 0 Å². The number of piperidine rings is 1. The van der Waals surface area contributed by atoms with E-state index < -0.39 is 0 Å². The summed E-state index contributed by atoms with van der Waals surface area (Å²) in [5.74, 6) is -0.0287. The summed E-state index contributed by atoms with van der Waals surface area (Å²) in [5, 5.41) is 5.02. The van der Waals surface area contributed by atoms with Gasteiger partial charge in [0.25, 0.3) is 5.91 Å². The van der Waals surface area contributed by atoms with Gasteiger partial charge in [0.1, 0.15) is 0 Å². The highest BCUT2D eigenvalue weighted by molar-refractivity contribution is 7.12. The zero-order valence-electron chi connectivity index (χ0n) is 15.4. The maximum Gasteiger partial charge on any atom is 0.263 e. The van der Waals surface area contributed by atoms with Crippen molar-refractivity contribution in [1.29, 1.82) is 0 Å². The first-order chi connectivity index (χ1) is 12.5. The third kappa shape index (κ3) is 4.33. The molecule has 3 rings (SSSR count). The Hall–Kier alpha value is -2.14. The fourth-order valence-corrected chi connectivity index (χ4v) is 4.07. The molecule has 2 aromatic rings. The summed E-state index contributed by atoms with van der Waals surface area (Å²) in [6.45, 7) is 6.10. The number of carbonyl (C=O) groups is 2. The Bertz CT molecular complexity index is 741. The van der Waals surface area contributed by atoms with Crippen molar-refractivity contribution in [3.05, 3.63) is 58.3 Å². The molecular weight excluding hydrogens is 344 g/mol. The Kier molecular flexibility index (Phi) is 5.77. The van der Waals surface area contributed by atoms with E-state index in [4.69, 9.17) is 0 Å². The lowest BCUT2D eigenvalue weighted by atomic mass is 9.84. The van der Waals surface area contributed by atoms with Crippen molar-refractivity contribution in [2.45, 2.75) is 32.1 Å². The lowest BCUT2D eigenvalue weighted by Crippen LogP contribution is -2.47. The van der Waals surface area contributed by atoms with Gasteiger partial charge in [-0.25, -0.2) is 0 Å². The Labute approximate surface area is 159 Å². The van der Waals surface area contributed by atoms with E-state index in [1.165, 1.54) is 16.9 Å². The van der Waals surface area contributed by atoms with Crippen LogP contribution in [-0.2, 0) is 10.2 Å². The fraction of sp³-hybridized carbons (Fsp3) is 0.429. The average molecular weight is 371 g/mol. The molecule has 0 aliphatic carbocycles. The summed E-state index contributed by atoms with van der Waals surface area (Å²) in [7, 11) is 0. The minimum Gasteiger partial charge on any atom is -0.355 e. The Morgan fingerprint density at radius 3 is 2.65 bits per heavy atom. The topological polar surface area (TPSA) is 49.4 Å². The second-order valence-corrected chi connectivity index (χ2v) is 8.48. The quantitative estimate of drug-likeness (QED) is 0.872. The Morgan fingerprint density at radius 1 is 1.19 bits per heavy atom. The normalized spacial score (nSPS) is 17.8. The largest absolute Gasteiger partial charge is 0.355 e. The van der Waals surface area contributed by atoms with E-state index in [0.29, 0.717) is 13.1 Å². The first-order valence-corrected chi connectivity index (χ1v) is 10.0. The molecule has 4 nitrogen and oxygen atoms in total. The number of amides is 2. The highest BCUT2D eigenvalue weighted by Crippen LogP contribution is 2.23. The van der Waals surface area contributed by atoms with Gasteiger partial charge in [0.2, 0.25) is 5.91 Å². The van der Waals surface area contributed by atoms with Crippen LogP contribution in [0.15, 0.2) is 47.8 Å². The van der Waals surface area contributed by atoms with Gasteiger partial charge >= 0.3 is 0 Å². The molecule has 26 heavy (non-hydrogen) atoms. The molecule has 0 radical (unpaired) electrons. The van der Waals surface area contributed by atoms with Crippen LogP contribution in [0.25, 0.3) is 0 Å². The number of carbonyl (C=O) groups excluding carboxylic acids is 2. The zero-order chi connectivity index (χ0) is 18.6. The van der Waals surface area contributed by atoms with Gasteiger partial charge in [-0.15, -0.1) is 11.3 Å². The molecule has 1 saturated heterocycles. The van der Waals surface area contributed by atoms with Gasteiger partial charge in [-0.3, -0.25) is 9.59 Å². The predicted molar refractivity (Wildman–Crippen MR) is 105 cm³/mol. The number of benzene rings is 1. The van der Waals surface area contributed by atoms with Crippen LogP contribution in [0, 0.1) is 5.92 Å². The third-order valence-electron chi connectivity index (χ3n) is 5.07. The van der Waals surface area contributed by atoms with Crippen molar-refractivity contribution in [2.24, 2.45) is 5.92 Å². The third-order valence-corrected chi connectivity index (χ3v) is 5.93. The van der Waals surface area contributed by atoms with Gasteiger partial charge in [-0.1, -0.05) is 50.2 Å². The Morgan fingerprint density at radius 2 is 1.96 bits per heavy atom. The first kappa shape index (κ1) is 18.6. The smallest absolute Gasteiger partial charge is 0.263 e. The van der Waals surface area contributed by atoms with Crippen LogP contribution in [0.3, 0.4) is 0 Å². The molecule has 1 aliphatic rings. The van der Waals surface area contributed by atoms with Crippen molar-refractivity contribution in [2.75, 3.05) is 19.6 Å². The number of nitrogens with zero attached hydrogens (tertiary/aromatic N) is 1. The van der Waals surface area contributed by atoms with Gasteiger partial charge in [0.05, 0.1) is 10.8 Å². The van der Waals surface area contributed by atoms with E-state index >= 15 is 0 Å². The monoisotopic (exact) mass is 370 g/mol. The fourth-order valence-electron chi connectivity index (χ4n) is 3.38. The number of hydrogen-bond donors (Lipinski definition) is 1. The molecule has 0 spiro atoms. The van der Waals surface area contributed by atoms with Crippen LogP contribution in [-0.4, -0.2) is 36.3 Å². The minimum atomic E-state index is -0.127. The molecule has 0 saturated carbocycles. The SMILES string of the molecule is CC(C)(CNC(=O)C1CCCN(C(=O)c2cccs2)C1)c1ccccc1. The van der Waals surface area contributed by atoms with E-state index in [-0.39, 0.29) is 23.1 Å². The average Bonchev–Trinajstić information content (AvgIpc) is 3.21. The van der Waals surface area contributed by atoms with Crippen molar-refractivity contribution in [3.63, 3.8) is 0 Å². The summed E-state index contributed by atoms with van der Waals surface area (Å²) in [6.07, 6.45) is 1.71.